The highest BCUT2D eigenvalue weighted by Crippen LogP contribution is 2.13. The summed E-state index contributed by atoms with van der Waals surface area (Å²) in [5.74, 6) is -0.636. The molecule has 0 saturated carbocycles. The van der Waals surface area contributed by atoms with Crippen molar-refractivity contribution in [3.63, 3.8) is 0 Å². The van der Waals surface area contributed by atoms with Crippen LogP contribution in [0.25, 0.3) is 0 Å². The van der Waals surface area contributed by atoms with Gasteiger partial charge in [-0.3, -0.25) is 0 Å². The summed E-state index contributed by atoms with van der Waals surface area (Å²) in [6, 6.07) is 8.45. The van der Waals surface area contributed by atoms with Gasteiger partial charge in [-0.25, -0.2) is 4.79 Å². The zero-order valence-electron chi connectivity index (χ0n) is 7.93. The van der Waals surface area contributed by atoms with Crippen molar-refractivity contribution < 1.29 is 14.6 Å². The number of hydrogen-bond acceptors (Lipinski definition) is 3. The van der Waals surface area contributed by atoms with Crippen LogP contribution >= 0.6 is 0 Å². The van der Waals surface area contributed by atoms with Crippen LogP contribution in [0, 0.1) is 11.3 Å². The van der Waals surface area contributed by atoms with Crippen LogP contribution in [-0.4, -0.2) is 17.7 Å². The molecule has 0 unspecified atom stereocenters. The minimum atomic E-state index is -1.09. The van der Waals surface area contributed by atoms with Crippen molar-refractivity contribution in [1.82, 2.24) is 0 Å². The van der Waals surface area contributed by atoms with Crippen molar-refractivity contribution in [2.45, 2.75) is 0 Å². The molecule has 0 spiro atoms. The van der Waals surface area contributed by atoms with Crippen molar-refractivity contribution in [3.05, 3.63) is 42.0 Å². The van der Waals surface area contributed by atoms with E-state index in [-0.39, 0.29) is 12.2 Å². The lowest BCUT2D eigenvalue weighted by molar-refractivity contribution is -0.133. The molecule has 76 valence electrons. The van der Waals surface area contributed by atoms with Gasteiger partial charge in [-0.2, -0.15) is 5.26 Å². The molecule has 0 radical (unpaired) electrons. The average Bonchev–Trinajstić information content (AvgIpc) is 2.26. The van der Waals surface area contributed by atoms with Crippen LogP contribution in [0.1, 0.15) is 5.56 Å². The Hall–Kier alpha value is -2.28. The first-order chi connectivity index (χ1) is 7.13. The number of benzene rings is 1. The van der Waals surface area contributed by atoms with Crippen LogP contribution in [0.15, 0.2) is 36.4 Å². The van der Waals surface area contributed by atoms with Gasteiger partial charge in [0.2, 0.25) is 0 Å². The second kappa shape index (κ2) is 4.82. The first kappa shape index (κ1) is 10.8. The van der Waals surface area contributed by atoms with Gasteiger partial charge >= 0.3 is 5.97 Å². The van der Waals surface area contributed by atoms with Gasteiger partial charge < -0.3 is 9.84 Å². The molecule has 1 aromatic carbocycles. The van der Waals surface area contributed by atoms with Gasteiger partial charge in [0, 0.05) is 0 Å². The van der Waals surface area contributed by atoms with Gasteiger partial charge in [0.25, 0.3) is 0 Å². The van der Waals surface area contributed by atoms with Crippen molar-refractivity contribution in [2.24, 2.45) is 0 Å². The zero-order chi connectivity index (χ0) is 11.3. The molecule has 1 N–H and O–H groups in total. The molecule has 0 bridgehead atoms. The quantitative estimate of drug-likeness (QED) is 0.754. The van der Waals surface area contributed by atoms with E-state index < -0.39 is 5.97 Å². The molecular weight excluding hydrogens is 194 g/mol. The normalized spacial score (nSPS) is 9.00. The monoisotopic (exact) mass is 203 g/mol. The number of aliphatic carboxylic acids is 1. The molecule has 0 amide bonds. The number of carbonyl (C=O) groups is 1. The van der Waals surface area contributed by atoms with Crippen LogP contribution < -0.4 is 4.74 Å². The Balaban J connectivity index is 2.62. The third kappa shape index (κ3) is 3.16. The number of rotatable bonds is 4. The van der Waals surface area contributed by atoms with E-state index >= 15 is 0 Å². The lowest BCUT2D eigenvalue weighted by atomic mass is 10.2. The Bertz CT molecular complexity index is 432. The maximum atomic E-state index is 10.4. The second-order valence-electron chi connectivity index (χ2n) is 2.84. The van der Waals surface area contributed by atoms with Gasteiger partial charge in [0.1, 0.15) is 12.4 Å². The molecule has 4 heteroatoms. The first-order valence-electron chi connectivity index (χ1n) is 4.17. The highest BCUT2D eigenvalue weighted by atomic mass is 16.5. The summed E-state index contributed by atoms with van der Waals surface area (Å²) in [6.07, 6.45) is 0. The summed E-state index contributed by atoms with van der Waals surface area (Å²) in [6.45, 7) is 3.23. The van der Waals surface area contributed by atoms with E-state index in [4.69, 9.17) is 15.1 Å². The van der Waals surface area contributed by atoms with E-state index in [1.54, 1.807) is 18.2 Å². The van der Waals surface area contributed by atoms with Crippen molar-refractivity contribution in [1.29, 1.82) is 5.26 Å². The molecule has 1 aromatic rings. The minimum Gasteiger partial charge on any atom is -0.489 e. The molecule has 0 aliphatic rings. The highest BCUT2D eigenvalue weighted by molar-refractivity contribution is 5.86. The van der Waals surface area contributed by atoms with Crippen LogP contribution in [0.4, 0.5) is 0 Å². The molecule has 0 heterocycles. The molecule has 15 heavy (non-hydrogen) atoms. The summed E-state index contributed by atoms with van der Waals surface area (Å²) in [5, 5.41) is 17.1. The summed E-state index contributed by atoms with van der Waals surface area (Å²) >= 11 is 0. The summed E-state index contributed by atoms with van der Waals surface area (Å²) in [7, 11) is 0. The summed E-state index contributed by atoms with van der Waals surface area (Å²) < 4.78 is 5.14. The Labute approximate surface area is 87.0 Å². The average molecular weight is 203 g/mol. The molecule has 0 aliphatic heterocycles. The first-order valence-corrected chi connectivity index (χ1v) is 4.17. The van der Waals surface area contributed by atoms with Crippen molar-refractivity contribution in [2.75, 3.05) is 6.61 Å². The number of ether oxygens (including phenoxy) is 1. The van der Waals surface area contributed by atoms with Crippen molar-refractivity contribution in [3.8, 4) is 11.8 Å². The van der Waals surface area contributed by atoms with Gasteiger partial charge in [0.15, 0.2) is 0 Å². The molecule has 0 fully saturated rings. The highest BCUT2D eigenvalue weighted by Gasteiger charge is 2.04. The van der Waals surface area contributed by atoms with Crippen molar-refractivity contribution >= 4 is 5.97 Å². The number of carboxylic acid groups (broad SMARTS) is 1. The van der Waals surface area contributed by atoms with Crippen LogP contribution in [-0.2, 0) is 4.79 Å². The molecule has 4 nitrogen and oxygen atoms in total. The number of hydrogen-bond donors (Lipinski definition) is 1. The predicted octanol–water partition coefficient (Wildman–Crippen LogP) is 1.58. The van der Waals surface area contributed by atoms with E-state index in [2.05, 4.69) is 6.58 Å². The number of nitrogens with zero attached hydrogens (tertiary/aromatic N) is 1. The Morgan fingerprint density at radius 3 is 2.93 bits per heavy atom. The Morgan fingerprint density at radius 2 is 2.33 bits per heavy atom. The van der Waals surface area contributed by atoms with Crippen LogP contribution in [0.5, 0.6) is 5.75 Å². The fraction of sp³-hybridized carbons (Fsp3) is 0.0909. The van der Waals surface area contributed by atoms with Crippen LogP contribution in [0.2, 0.25) is 0 Å². The standard InChI is InChI=1S/C11H9NO3/c1-8(11(13)14)7-15-10-4-2-3-9(5-10)6-12/h2-5H,1,7H2,(H,13,14). The van der Waals surface area contributed by atoms with Gasteiger partial charge in [-0.1, -0.05) is 12.6 Å². The molecular formula is C11H9NO3. The smallest absolute Gasteiger partial charge is 0.334 e. The van der Waals surface area contributed by atoms with Gasteiger partial charge in [0.05, 0.1) is 17.2 Å². The Kier molecular flexibility index (Phi) is 3.47. The maximum absolute atomic E-state index is 10.4. The lowest BCUT2D eigenvalue weighted by Gasteiger charge is -2.05. The number of carboxylic acids is 1. The molecule has 0 atom stereocenters. The van der Waals surface area contributed by atoms with E-state index in [0.717, 1.165) is 0 Å². The fourth-order valence-corrected chi connectivity index (χ4v) is 0.888. The third-order valence-electron chi connectivity index (χ3n) is 1.68. The van der Waals surface area contributed by atoms with E-state index in [1.807, 2.05) is 6.07 Å². The number of nitriles is 1. The molecule has 0 aliphatic carbocycles. The zero-order valence-corrected chi connectivity index (χ0v) is 7.93. The fourth-order valence-electron chi connectivity index (χ4n) is 0.888. The third-order valence-corrected chi connectivity index (χ3v) is 1.68. The molecule has 0 saturated heterocycles. The maximum Gasteiger partial charge on any atom is 0.334 e. The van der Waals surface area contributed by atoms with Crippen LogP contribution in [0.3, 0.4) is 0 Å². The molecule has 0 aromatic heterocycles. The lowest BCUT2D eigenvalue weighted by Crippen LogP contribution is -2.08. The minimum absolute atomic E-state index is 0.0302. The summed E-state index contributed by atoms with van der Waals surface area (Å²) in [5.41, 5.74) is 0.436. The summed E-state index contributed by atoms with van der Waals surface area (Å²) in [4.78, 5) is 10.4. The van der Waals surface area contributed by atoms with E-state index in [0.29, 0.717) is 11.3 Å². The van der Waals surface area contributed by atoms with Gasteiger partial charge in [-0.15, -0.1) is 0 Å². The second-order valence-corrected chi connectivity index (χ2v) is 2.84. The van der Waals surface area contributed by atoms with Gasteiger partial charge in [-0.05, 0) is 18.2 Å². The largest absolute Gasteiger partial charge is 0.489 e. The Morgan fingerprint density at radius 1 is 1.60 bits per heavy atom. The predicted molar refractivity (Wildman–Crippen MR) is 53.4 cm³/mol. The SMILES string of the molecule is C=C(COc1cccc(C#N)c1)C(=O)O. The van der Waals surface area contributed by atoms with E-state index in [1.165, 1.54) is 6.07 Å². The topological polar surface area (TPSA) is 70.3 Å². The molecule has 1 rings (SSSR count). The van der Waals surface area contributed by atoms with E-state index in [9.17, 15) is 4.79 Å².